The lowest BCUT2D eigenvalue weighted by Gasteiger charge is -2.13. The van der Waals surface area contributed by atoms with E-state index in [2.05, 4.69) is 36.6 Å². The zero-order valence-corrected chi connectivity index (χ0v) is 15.6. The van der Waals surface area contributed by atoms with Crippen molar-refractivity contribution in [2.45, 2.75) is 11.8 Å². The summed E-state index contributed by atoms with van der Waals surface area (Å²) in [6.07, 6.45) is 0. The largest absolute Gasteiger partial charge is 0.398 e. The standard InChI is InChI=1S/C13H11Br2ClN2O2S/c1-7-11(17)4-9(15)6-13(7)21(19,20)18-12-5-8(14)2-3-10(12)16/h2-6,18H,17H2,1H3. The van der Waals surface area contributed by atoms with Crippen LogP contribution in [-0.4, -0.2) is 8.42 Å². The maximum Gasteiger partial charge on any atom is 0.262 e. The molecular weight excluding hydrogens is 443 g/mol. The molecule has 2 aromatic carbocycles. The quantitative estimate of drug-likeness (QED) is 0.668. The van der Waals surface area contributed by atoms with E-state index >= 15 is 0 Å². The van der Waals surface area contributed by atoms with Gasteiger partial charge in [0.1, 0.15) is 0 Å². The van der Waals surface area contributed by atoms with Crippen molar-refractivity contribution in [1.82, 2.24) is 0 Å². The summed E-state index contributed by atoms with van der Waals surface area (Å²) in [7, 11) is -3.79. The fourth-order valence-electron chi connectivity index (χ4n) is 1.73. The summed E-state index contributed by atoms with van der Waals surface area (Å²) in [5, 5.41) is 0.308. The molecule has 0 unspecified atom stereocenters. The van der Waals surface area contributed by atoms with E-state index in [-0.39, 0.29) is 4.90 Å². The summed E-state index contributed by atoms with van der Waals surface area (Å²) in [4.78, 5) is 0.102. The molecule has 0 radical (unpaired) electrons. The van der Waals surface area contributed by atoms with Gasteiger partial charge in [-0.3, -0.25) is 4.72 Å². The number of rotatable bonds is 3. The average Bonchev–Trinajstić information content (AvgIpc) is 2.37. The summed E-state index contributed by atoms with van der Waals surface area (Å²) in [5.74, 6) is 0. The molecule has 0 spiro atoms. The van der Waals surface area contributed by atoms with Crippen LogP contribution in [0, 0.1) is 6.92 Å². The minimum Gasteiger partial charge on any atom is -0.398 e. The van der Waals surface area contributed by atoms with Crippen molar-refractivity contribution >= 4 is 64.9 Å². The van der Waals surface area contributed by atoms with Crippen molar-refractivity contribution in [2.24, 2.45) is 0 Å². The zero-order valence-electron chi connectivity index (χ0n) is 10.8. The van der Waals surface area contributed by atoms with Crippen molar-refractivity contribution < 1.29 is 8.42 Å². The van der Waals surface area contributed by atoms with Crippen molar-refractivity contribution in [2.75, 3.05) is 10.5 Å². The zero-order chi connectivity index (χ0) is 15.8. The molecule has 21 heavy (non-hydrogen) atoms. The van der Waals surface area contributed by atoms with Gasteiger partial charge in [-0.15, -0.1) is 0 Å². The van der Waals surface area contributed by atoms with Gasteiger partial charge < -0.3 is 5.73 Å². The van der Waals surface area contributed by atoms with Crippen LogP contribution in [0.3, 0.4) is 0 Å². The van der Waals surface area contributed by atoms with E-state index < -0.39 is 10.0 Å². The van der Waals surface area contributed by atoms with E-state index in [1.54, 1.807) is 31.2 Å². The highest BCUT2D eigenvalue weighted by Crippen LogP contribution is 2.31. The first-order valence-electron chi connectivity index (χ1n) is 5.74. The lowest BCUT2D eigenvalue weighted by molar-refractivity contribution is 0.600. The van der Waals surface area contributed by atoms with Crippen LogP contribution in [-0.2, 0) is 10.0 Å². The average molecular weight is 455 g/mol. The Hall–Kier alpha value is -0.760. The Balaban J connectivity index is 2.51. The predicted octanol–water partition coefficient (Wildman–Crippen LogP) is 4.56. The highest BCUT2D eigenvalue weighted by Gasteiger charge is 2.20. The number of anilines is 2. The summed E-state index contributed by atoms with van der Waals surface area (Å²) in [5.41, 5.74) is 6.98. The highest BCUT2D eigenvalue weighted by atomic mass is 79.9. The van der Waals surface area contributed by atoms with E-state index in [0.29, 0.717) is 26.4 Å². The van der Waals surface area contributed by atoms with Gasteiger partial charge >= 0.3 is 0 Å². The summed E-state index contributed by atoms with van der Waals surface area (Å²) >= 11 is 12.5. The Morgan fingerprint density at radius 2 is 1.81 bits per heavy atom. The van der Waals surface area contributed by atoms with Crippen molar-refractivity contribution in [3.8, 4) is 0 Å². The molecule has 0 aliphatic heterocycles. The molecule has 0 saturated carbocycles. The lowest BCUT2D eigenvalue weighted by Crippen LogP contribution is -2.15. The molecule has 2 rings (SSSR count). The minimum absolute atomic E-state index is 0.102. The third-order valence-electron chi connectivity index (χ3n) is 2.83. The second kappa shape index (κ2) is 6.16. The smallest absolute Gasteiger partial charge is 0.262 e. The van der Waals surface area contributed by atoms with Gasteiger partial charge in [0.25, 0.3) is 10.0 Å². The fraction of sp³-hybridized carbons (Fsp3) is 0.0769. The first-order valence-corrected chi connectivity index (χ1v) is 9.19. The lowest BCUT2D eigenvalue weighted by atomic mass is 10.2. The van der Waals surface area contributed by atoms with E-state index in [4.69, 9.17) is 17.3 Å². The number of hydrogen-bond acceptors (Lipinski definition) is 3. The van der Waals surface area contributed by atoms with Crippen LogP contribution in [0.15, 0.2) is 44.2 Å². The number of nitrogens with two attached hydrogens (primary N) is 1. The number of hydrogen-bond donors (Lipinski definition) is 2. The molecule has 112 valence electrons. The van der Waals surface area contributed by atoms with E-state index in [9.17, 15) is 8.42 Å². The second-order valence-corrected chi connectivity index (χ2v) is 8.24. The molecule has 0 aliphatic rings. The fourth-order valence-corrected chi connectivity index (χ4v) is 4.31. The molecule has 4 nitrogen and oxygen atoms in total. The molecule has 0 aromatic heterocycles. The molecule has 0 amide bonds. The monoisotopic (exact) mass is 452 g/mol. The number of sulfonamides is 1. The van der Waals surface area contributed by atoms with Crippen LogP contribution in [0.25, 0.3) is 0 Å². The van der Waals surface area contributed by atoms with Crippen LogP contribution >= 0.6 is 43.5 Å². The highest BCUT2D eigenvalue weighted by molar-refractivity contribution is 9.10. The van der Waals surface area contributed by atoms with Gasteiger partial charge in [-0.25, -0.2) is 8.42 Å². The Morgan fingerprint density at radius 3 is 2.48 bits per heavy atom. The second-order valence-electron chi connectivity index (χ2n) is 4.35. The van der Waals surface area contributed by atoms with Crippen LogP contribution in [0.5, 0.6) is 0 Å². The molecule has 0 saturated heterocycles. The van der Waals surface area contributed by atoms with Gasteiger partial charge in [0.2, 0.25) is 0 Å². The van der Waals surface area contributed by atoms with Crippen LogP contribution < -0.4 is 10.5 Å². The first-order chi connectivity index (χ1) is 9.70. The number of benzene rings is 2. The molecule has 0 heterocycles. The Kier molecular flexibility index (Phi) is 4.87. The Labute approximate surface area is 145 Å². The van der Waals surface area contributed by atoms with E-state index in [1.807, 2.05) is 0 Å². The maximum atomic E-state index is 12.5. The van der Waals surface area contributed by atoms with Crippen molar-refractivity contribution in [3.63, 3.8) is 0 Å². The van der Waals surface area contributed by atoms with Gasteiger partial charge in [0, 0.05) is 14.6 Å². The van der Waals surface area contributed by atoms with Gasteiger partial charge in [-0.2, -0.15) is 0 Å². The molecule has 0 bridgehead atoms. The summed E-state index contributed by atoms with van der Waals surface area (Å²) < 4.78 is 28.8. The predicted molar refractivity (Wildman–Crippen MR) is 93.3 cm³/mol. The molecule has 2 aromatic rings. The normalized spacial score (nSPS) is 11.4. The molecule has 8 heteroatoms. The molecule has 0 fully saturated rings. The topological polar surface area (TPSA) is 72.2 Å². The third kappa shape index (κ3) is 3.71. The van der Waals surface area contributed by atoms with Crippen molar-refractivity contribution in [3.05, 3.63) is 49.9 Å². The molecule has 0 aliphatic carbocycles. The van der Waals surface area contributed by atoms with Gasteiger partial charge in [0.05, 0.1) is 15.6 Å². The summed E-state index contributed by atoms with van der Waals surface area (Å²) in [6.45, 7) is 1.65. The van der Waals surface area contributed by atoms with Gasteiger partial charge in [-0.1, -0.05) is 43.5 Å². The molecule has 3 N–H and O–H groups in total. The number of halogens is 3. The maximum absolute atomic E-state index is 12.5. The molecular formula is C13H11Br2ClN2O2S. The summed E-state index contributed by atoms with van der Waals surface area (Å²) in [6, 6.07) is 8.07. The Bertz CT molecular complexity index is 810. The van der Waals surface area contributed by atoms with E-state index in [0.717, 1.165) is 4.47 Å². The first kappa shape index (κ1) is 16.6. The number of nitrogen functional groups attached to an aromatic ring is 1. The van der Waals surface area contributed by atoms with Crippen LogP contribution in [0.1, 0.15) is 5.56 Å². The molecule has 0 atom stereocenters. The minimum atomic E-state index is -3.79. The van der Waals surface area contributed by atoms with E-state index in [1.165, 1.54) is 6.07 Å². The van der Waals surface area contributed by atoms with Gasteiger partial charge in [0.15, 0.2) is 0 Å². The van der Waals surface area contributed by atoms with Gasteiger partial charge in [-0.05, 0) is 42.8 Å². The van der Waals surface area contributed by atoms with Crippen LogP contribution in [0.2, 0.25) is 5.02 Å². The third-order valence-corrected chi connectivity index (χ3v) is 5.60. The SMILES string of the molecule is Cc1c(N)cc(Br)cc1S(=O)(=O)Nc1cc(Br)ccc1Cl. The number of nitrogens with one attached hydrogen (secondary N) is 1. The van der Waals surface area contributed by atoms with Crippen LogP contribution in [0.4, 0.5) is 11.4 Å². The van der Waals surface area contributed by atoms with Crippen molar-refractivity contribution in [1.29, 1.82) is 0 Å². The Morgan fingerprint density at radius 1 is 1.14 bits per heavy atom.